The molecule has 0 bridgehead atoms. The van der Waals surface area contributed by atoms with Crippen LogP contribution in [0.2, 0.25) is 0 Å². The Kier molecular flexibility index (Phi) is 7.83. The van der Waals surface area contributed by atoms with Gasteiger partial charge in [-0.2, -0.15) is 0 Å². The largest absolute Gasteiger partial charge is 0.497 e. The van der Waals surface area contributed by atoms with Crippen LogP contribution < -0.4 is 10.1 Å². The van der Waals surface area contributed by atoms with Crippen LogP contribution in [0.1, 0.15) is 6.42 Å². The van der Waals surface area contributed by atoms with Crippen LogP contribution >= 0.6 is 0 Å². The average Bonchev–Trinajstić information content (AvgIpc) is 2.63. The van der Waals surface area contributed by atoms with Crippen molar-refractivity contribution in [1.29, 1.82) is 0 Å². The summed E-state index contributed by atoms with van der Waals surface area (Å²) in [7, 11) is 1.54. The lowest BCUT2D eigenvalue weighted by atomic mass is 10.0. The second-order valence-corrected chi connectivity index (χ2v) is 6.39. The molecule has 0 saturated carbocycles. The van der Waals surface area contributed by atoms with Gasteiger partial charge in [0.15, 0.2) is 0 Å². The van der Waals surface area contributed by atoms with Crippen molar-refractivity contribution in [2.24, 2.45) is 5.92 Å². The number of hydrogen-bond acceptors (Lipinski definition) is 6. The first-order valence-corrected chi connectivity index (χ1v) is 8.74. The topological polar surface area (TPSA) is 102 Å². The molecule has 144 valence electrons. The number of nitrogens with one attached hydrogen (secondary N) is 1. The monoisotopic (exact) mass is 365 g/mol. The number of β-amino-alcohol motifs (C(OH)–C–C–N with tert-alkyl or cyclic N) is 1. The standard InChI is InChI=1S/C18H27N3O5/c1-26-16-4-2-3-15(12-16)19-17(23)11-14(18(24)25)13-21-7-5-20(6-8-21)9-10-22/h2-4,12,14,22H,5-11,13H2,1H3,(H,19,23)(H,24,25)/t14-/m1/s1. The van der Waals surface area contributed by atoms with Gasteiger partial charge in [-0.3, -0.25) is 19.4 Å². The molecular weight excluding hydrogens is 338 g/mol. The first-order chi connectivity index (χ1) is 12.5. The lowest BCUT2D eigenvalue weighted by Crippen LogP contribution is -2.49. The van der Waals surface area contributed by atoms with Crippen LogP contribution in [0.25, 0.3) is 0 Å². The molecule has 0 spiro atoms. The Morgan fingerprint density at radius 2 is 1.92 bits per heavy atom. The van der Waals surface area contributed by atoms with Gasteiger partial charge in [-0.05, 0) is 12.1 Å². The molecule has 0 aromatic heterocycles. The van der Waals surface area contributed by atoms with Gasteiger partial charge in [-0.1, -0.05) is 6.07 Å². The molecule has 8 nitrogen and oxygen atoms in total. The second kappa shape index (κ2) is 10.1. The summed E-state index contributed by atoms with van der Waals surface area (Å²) < 4.78 is 5.11. The predicted octanol–water partition coefficient (Wildman–Crippen LogP) is 0.335. The van der Waals surface area contributed by atoms with Crippen molar-refractivity contribution in [1.82, 2.24) is 9.80 Å². The Morgan fingerprint density at radius 1 is 1.23 bits per heavy atom. The molecule has 1 atom stereocenters. The zero-order chi connectivity index (χ0) is 18.9. The van der Waals surface area contributed by atoms with E-state index in [1.165, 1.54) is 0 Å². The van der Waals surface area contributed by atoms with E-state index in [1.54, 1.807) is 31.4 Å². The third kappa shape index (κ3) is 6.29. The molecule has 1 heterocycles. The maximum absolute atomic E-state index is 12.2. The van der Waals surface area contributed by atoms with Crippen LogP contribution in [-0.2, 0) is 9.59 Å². The Balaban J connectivity index is 1.85. The number of aliphatic carboxylic acids is 1. The van der Waals surface area contributed by atoms with Gasteiger partial charge in [0.25, 0.3) is 0 Å². The van der Waals surface area contributed by atoms with E-state index in [4.69, 9.17) is 9.84 Å². The van der Waals surface area contributed by atoms with Crippen molar-refractivity contribution in [3.63, 3.8) is 0 Å². The van der Waals surface area contributed by atoms with E-state index in [0.717, 1.165) is 26.2 Å². The molecular formula is C18H27N3O5. The summed E-state index contributed by atoms with van der Waals surface area (Å²) in [6, 6.07) is 6.95. The number of ether oxygens (including phenoxy) is 1. The number of rotatable bonds is 9. The molecule has 26 heavy (non-hydrogen) atoms. The van der Waals surface area contributed by atoms with Crippen molar-refractivity contribution in [2.45, 2.75) is 6.42 Å². The number of aliphatic hydroxyl groups is 1. The molecule has 1 saturated heterocycles. The quantitative estimate of drug-likeness (QED) is 0.580. The van der Waals surface area contributed by atoms with Crippen LogP contribution in [0.5, 0.6) is 5.75 Å². The van der Waals surface area contributed by atoms with Crippen LogP contribution in [0.3, 0.4) is 0 Å². The molecule has 1 amide bonds. The lowest BCUT2D eigenvalue weighted by Gasteiger charge is -2.35. The van der Waals surface area contributed by atoms with Gasteiger partial charge in [-0.25, -0.2) is 0 Å². The van der Waals surface area contributed by atoms with Gasteiger partial charge in [0, 0.05) is 57.4 Å². The number of benzene rings is 1. The van der Waals surface area contributed by atoms with Crippen molar-refractivity contribution in [3.05, 3.63) is 24.3 Å². The summed E-state index contributed by atoms with van der Waals surface area (Å²) in [4.78, 5) is 28.0. The van der Waals surface area contributed by atoms with Crippen molar-refractivity contribution < 1.29 is 24.5 Å². The molecule has 0 unspecified atom stereocenters. The average molecular weight is 365 g/mol. The van der Waals surface area contributed by atoms with E-state index >= 15 is 0 Å². The fourth-order valence-corrected chi connectivity index (χ4v) is 3.02. The number of hydrogen-bond donors (Lipinski definition) is 3. The smallest absolute Gasteiger partial charge is 0.308 e. The lowest BCUT2D eigenvalue weighted by molar-refractivity contribution is -0.144. The van der Waals surface area contributed by atoms with Crippen molar-refractivity contribution >= 4 is 17.6 Å². The van der Waals surface area contributed by atoms with E-state index in [0.29, 0.717) is 24.5 Å². The summed E-state index contributed by atoms with van der Waals surface area (Å²) in [6.45, 7) is 4.17. The van der Waals surface area contributed by atoms with Crippen LogP contribution in [0, 0.1) is 5.92 Å². The minimum Gasteiger partial charge on any atom is -0.497 e. The second-order valence-electron chi connectivity index (χ2n) is 6.39. The first-order valence-electron chi connectivity index (χ1n) is 8.74. The van der Waals surface area contributed by atoms with Gasteiger partial charge in [0.1, 0.15) is 5.75 Å². The summed E-state index contributed by atoms with van der Waals surface area (Å²) in [5.74, 6) is -1.43. The molecule has 1 aliphatic heterocycles. The molecule has 1 aliphatic rings. The maximum atomic E-state index is 12.2. The highest BCUT2D eigenvalue weighted by atomic mass is 16.5. The van der Waals surface area contributed by atoms with Gasteiger partial charge >= 0.3 is 5.97 Å². The third-order valence-electron chi connectivity index (χ3n) is 4.49. The zero-order valence-electron chi connectivity index (χ0n) is 15.1. The Labute approximate surface area is 153 Å². The minimum atomic E-state index is -0.969. The minimum absolute atomic E-state index is 0.0800. The predicted molar refractivity (Wildman–Crippen MR) is 97.3 cm³/mol. The normalized spacial score (nSPS) is 16.8. The van der Waals surface area contributed by atoms with Gasteiger partial charge in [-0.15, -0.1) is 0 Å². The number of carbonyl (C=O) groups excluding carboxylic acids is 1. The Morgan fingerprint density at radius 3 is 2.54 bits per heavy atom. The SMILES string of the molecule is COc1cccc(NC(=O)C[C@H](CN2CCN(CCO)CC2)C(=O)O)c1. The summed E-state index contributed by atoms with van der Waals surface area (Å²) >= 11 is 0. The highest BCUT2D eigenvalue weighted by Crippen LogP contribution is 2.18. The fourth-order valence-electron chi connectivity index (χ4n) is 3.02. The number of piperazine rings is 1. The Bertz CT molecular complexity index is 602. The van der Waals surface area contributed by atoms with Crippen LogP contribution in [0.4, 0.5) is 5.69 Å². The van der Waals surface area contributed by atoms with Crippen LogP contribution in [-0.4, -0.2) is 84.9 Å². The van der Waals surface area contributed by atoms with E-state index < -0.39 is 11.9 Å². The van der Waals surface area contributed by atoms with E-state index in [-0.39, 0.29) is 18.9 Å². The Hall–Kier alpha value is -2.16. The summed E-state index contributed by atoms with van der Waals surface area (Å²) in [5.41, 5.74) is 0.580. The zero-order valence-corrected chi connectivity index (χ0v) is 15.1. The molecule has 2 rings (SSSR count). The summed E-state index contributed by atoms with van der Waals surface area (Å²) in [5, 5.41) is 21.2. The number of carboxylic acids is 1. The highest BCUT2D eigenvalue weighted by molar-refractivity contribution is 5.93. The number of carboxylic acid groups (broad SMARTS) is 1. The molecule has 1 fully saturated rings. The first kappa shape index (κ1) is 20.2. The number of amides is 1. The van der Waals surface area contributed by atoms with Gasteiger partial charge in [0.05, 0.1) is 19.6 Å². The molecule has 8 heteroatoms. The maximum Gasteiger partial charge on any atom is 0.308 e. The number of anilines is 1. The number of methoxy groups -OCH3 is 1. The van der Waals surface area contributed by atoms with Crippen molar-refractivity contribution in [3.8, 4) is 5.75 Å². The number of carbonyl (C=O) groups is 2. The number of nitrogens with zero attached hydrogens (tertiary/aromatic N) is 2. The van der Waals surface area contributed by atoms with E-state index in [1.807, 2.05) is 0 Å². The fraction of sp³-hybridized carbons (Fsp3) is 0.556. The van der Waals surface area contributed by atoms with Crippen LogP contribution in [0.15, 0.2) is 24.3 Å². The molecule has 3 N–H and O–H groups in total. The molecule has 1 aromatic carbocycles. The molecule has 1 aromatic rings. The van der Waals surface area contributed by atoms with E-state index in [2.05, 4.69) is 15.1 Å². The van der Waals surface area contributed by atoms with Gasteiger partial charge < -0.3 is 20.3 Å². The van der Waals surface area contributed by atoms with Gasteiger partial charge in [0.2, 0.25) is 5.91 Å². The molecule has 0 radical (unpaired) electrons. The highest BCUT2D eigenvalue weighted by Gasteiger charge is 2.26. The summed E-state index contributed by atoms with van der Waals surface area (Å²) in [6.07, 6.45) is -0.0800. The van der Waals surface area contributed by atoms with Crippen molar-refractivity contribution in [2.75, 3.05) is 58.3 Å². The van der Waals surface area contributed by atoms with E-state index in [9.17, 15) is 14.7 Å². The molecule has 0 aliphatic carbocycles. The number of aliphatic hydroxyl groups excluding tert-OH is 1. The third-order valence-corrected chi connectivity index (χ3v) is 4.49.